The van der Waals surface area contributed by atoms with E-state index >= 15 is 0 Å². The van der Waals surface area contributed by atoms with E-state index in [4.69, 9.17) is 4.74 Å². The van der Waals surface area contributed by atoms with Crippen LogP contribution in [-0.2, 0) is 10.0 Å². The van der Waals surface area contributed by atoms with Crippen LogP contribution in [0.25, 0.3) is 0 Å². The van der Waals surface area contributed by atoms with Crippen molar-refractivity contribution in [1.82, 2.24) is 15.6 Å². The third-order valence-corrected chi connectivity index (χ3v) is 6.08. The second-order valence-electron chi connectivity index (χ2n) is 6.87. The molecule has 1 saturated heterocycles. The number of anilines is 2. The summed E-state index contributed by atoms with van der Waals surface area (Å²) in [4.78, 5) is 19.3. The monoisotopic (exact) mass is 433 g/mol. The SMILES string of the molecule is CCCNC(=O)c1cc(NS(=O)(=O)c2ccc(OC)cc2)cnc1N1CCNCC1. The van der Waals surface area contributed by atoms with Crippen molar-refractivity contribution in [3.63, 3.8) is 0 Å². The quantitative estimate of drug-likeness (QED) is 0.577. The number of piperazine rings is 1. The van der Waals surface area contributed by atoms with Gasteiger partial charge in [-0.2, -0.15) is 0 Å². The summed E-state index contributed by atoms with van der Waals surface area (Å²) in [7, 11) is -2.32. The van der Waals surface area contributed by atoms with Crippen molar-refractivity contribution in [2.45, 2.75) is 18.2 Å². The fraction of sp³-hybridized carbons (Fsp3) is 0.400. The van der Waals surface area contributed by atoms with Gasteiger partial charge in [0, 0.05) is 32.7 Å². The molecule has 0 aliphatic carbocycles. The first-order chi connectivity index (χ1) is 14.4. The standard InChI is InChI=1S/C20H27N5O4S/c1-3-8-22-20(26)18-13-15(14-23-19(18)25-11-9-21-10-12-25)24-30(27,28)17-6-4-16(29-2)5-7-17/h4-7,13-14,21,24H,3,8-12H2,1-2H3,(H,22,26). The zero-order chi connectivity index (χ0) is 21.6. The smallest absolute Gasteiger partial charge is 0.261 e. The highest BCUT2D eigenvalue weighted by molar-refractivity contribution is 7.92. The van der Waals surface area contributed by atoms with Crippen molar-refractivity contribution in [2.24, 2.45) is 0 Å². The molecule has 10 heteroatoms. The molecule has 1 aliphatic rings. The lowest BCUT2D eigenvalue weighted by molar-refractivity contribution is 0.0953. The summed E-state index contributed by atoms with van der Waals surface area (Å²) < 4.78 is 33.1. The maximum absolute atomic E-state index is 12.7. The molecule has 0 bridgehead atoms. The first-order valence-corrected chi connectivity index (χ1v) is 11.3. The van der Waals surface area contributed by atoms with E-state index in [1.165, 1.54) is 31.5 Å². The summed E-state index contributed by atoms with van der Waals surface area (Å²) >= 11 is 0. The highest BCUT2D eigenvalue weighted by Crippen LogP contribution is 2.24. The van der Waals surface area contributed by atoms with Gasteiger partial charge in [-0.1, -0.05) is 6.92 Å². The molecule has 0 atom stereocenters. The molecule has 2 heterocycles. The number of aromatic nitrogens is 1. The molecular formula is C20H27N5O4S. The summed E-state index contributed by atoms with van der Waals surface area (Å²) in [5.41, 5.74) is 0.576. The molecular weight excluding hydrogens is 406 g/mol. The van der Waals surface area contributed by atoms with Crippen LogP contribution in [0.4, 0.5) is 11.5 Å². The van der Waals surface area contributed by atoms with Crippen molar-refractivity contribution >= 4 is 27.4 Å². The Labute approximate surface area is 176 Å². The number of hydrogen-bond donors (Lipinski definition) is 3. The molecule has 1 aromatic heterocycles. The molecule has 0 spiro atoms. The Bertz CT molecular complexity index is 973. The van der Waals surface area contributed by atoms with Gasteiger partial charge in [-0.05, 0) is 36.8 Å². The van der Waals surface area contributed by atoms with Crippen LogP contribution in [0.3, 0.4) is 0 Å². The lowest BCUT2D eigenvalue weighted by Gasteiger charge is -2.30. The molecule has 1 amide bonds. The Morgan fingerprint density at radius 1 is 1.23 bits per heavy atom. The molecule has 0 radical (unpaired) electrons. The van der Waals surface area contributed by atoms with Gasteiger partial charge in [0.05, 0.1) is 29.5 Å². The number of hydrogen-bond acceptors (Lipinski definition) is 7. The van der Waals surface area contributed by atoms with Gasteiger partial charge in [0.15, 0.2) is 0 Å². The molecule has 162 valence electrons. The number of benzene rings is 1. The molecule has 0 unspecified atom stereocenters. The van der Waals surface area contributed by atoms with Crippen LogP contribution in [0, 0.1) is 0 Å². The maximum Gasteiger partial charge on any atom is 0.261 e. The summed E-state index contributed by atoms with van der Waals surface area (Å²) in [6.07, 6.45) is 2.24. The molecule has 3 rings (SSSR count). The van der Waals surface area contributed by atoms with Crippen molar-refractivity contribution in [1.29, 1.82) is 0 Å². The lowest BCUT2D eigenvalue weighted by Crippen LogP contribution is -2.44. The zero-order valence-corrected chi connectivity index (χ0v) is 18.0. The van der Waals surface area contributed by atoms with Crippen LogP contribution in [0.1, 0.15) is 23.7 Å². The number of nitrogens with zero attached hydrogens (tertiary/aromatic N) is 2. The van der Waals surface area contributed by atoms with Gasteiger partial charge in [-0.25, -0.2) is 13.4 Å². The van der Waals surface area contributed by atoms with Gasteiger partial charge in [-0.3, -0.25) is 9.52 Å². The van der Waals surface area contributed by atoms with Crippen LogP contribution in [-0.4, -0.2) is 59.1 Å². The number of carbonyl (C=O) groups excluding carboxylic acids is 1. The largest absolute Gasteiger partial charge is 0.497 e. The summed E-state index contributed by atoms with van der Waals surface area (Å²) in [5.74, 6) is 0.840. The molecule has 30 heavy (non-hydrogen) atoms. The Morgan fingerprint density at radius 2 is 1.93 bits per heavy atom. The van der Waals surface area contributed by atoms with E-state index in [-0.39, 0.29) is 16.5 Å². The van der Waals surface area contributed by atoms with Gasteiger partial charge in [0.2, 0.25) is 0 Å². The number of carbonyl (C=O) groups is 1. The number of nitrogens with one attached hydrogen (secondary N) is 3. The second-order valence-corrected chi connectivity index (χ2v) is 8.55. The van der Waals surface area contributed by atoms with E-state index in [9.17, 15) is 13.2 Å². The first kappa shape index (κ1) is 21.8. The van der Waals surface area contributed by atoms with Crippen molar-refractivity contribution in [2.75, 3.05) is 49.5 Å². The van der Waals surface area contributed by atoms with Gasteiger partial charge >= 0.3 is 0 Å². The van der Waals surface area contributed by atoms with E-state index in [1.54, 1.807) is 12.1 Å². The normalized spacial score (nSPS) is 14.3. The van der Waals surface area contributed by atoms with E-state index in [1.807, 2.05) is 11.8 Å². The molecule has 2 aromatic rings. The Hall–Kier alpha value is -2.85. The van der Waals surface area contributed by atoms with Gasteiger partial charge in [0.25, 0.3) is 15.9 Å². The molecule has 1 aromatic carbocycles. The Morgan fingerprint density at radius 3 is 2.57 bits per heavy atom. The molecule has 0 saturated carbocycles. The number of methoxy groups -OCH3 is 1. The number of sulfonamides is 1. The first-order valence-electron chi connectivity index (χ1n) is 9.85. The average molecular weight is 434 g/mol. The minimum atomic E-state index is -3.84. The molecule has 1 fully saturated rings. The van der Waals surface area contributed by atoms with Crippen LogP contribution in [0.15, 0.2) is 41.4 Å². The molecule has 3 N–H and O–H groups in total. The number of rotatable bonds is 8. The third kappa shape index (κ3) is 5.19. The van der Waals surface area contributed by atoms with Gasteiger partial charge < -0.3 is 20.3 Å². The van der Waals surface area contributed by atoms with E-state index in [0.29, 0.717) is 23.7 Å². The summed E-state index contributed by atoms with van der Waals surface area (Å²) in [5, 5.41) is 6.12. The topological polar surface area (TPSA) is 113 Å². The summed E-state index contributed by atoms with van der Waals surface area (Å²) in [6, 6.07) is 7.60. The van der Waals surface area contributed by atoms with Crippen molar-refractivity contribution < 1.29 is 17.9 Å². The molecule has 1 aliphatic heterocycles. The highest BCUT2D eigenvalue weighted by atomic mass is 32.2. The van der Waals surface area contributed by atoms with Crippen LogP contribution < -0.4 is 25.0 Å². The van der Waals surface area contributed by atoms with Crippen molar-refractivity contribution in [3.05, 3.63) is 42.1 Å². The van der Waals surface area contributed by atoms with Crippen LogP contribution >= 0.6 is 0 Å². The second kappa shape index (κ2) is 9.77. The minimum absolute atomic E-state index is 0.0893. The zero-order valence-electron chi connectivity index (χ0n) is 17.1. The maximum atomic E-state index is 12.7. The highest BCUT2D eigenvalue weighted by Gasteiger charge is 2.22. The lowest BCUT2D eigenvalue weighted by atomic mass is 10.2. The number of amides is 1. The minimum Gasteiger partial charge on any atom is -0.497 e. The van der Waals surface area contributed by atoms with E-state index in [0.717, 1.165) is 32.6 Å². The number of pyridine rings is 1. The summed E-state index contributed by atoms with van der Waals surface area (Å²) in [6.45, 7) is 5.53. The number of ether oxygens (including phenoxy) is 1. The fourth-order valence-corrected chi connectivity index (χ4v) is 4.15. The molecule has 9 nitrogen and oxygen atoms in total. The van der Waals surface area contributed by atoms with E-state index < -0.39 is 10.0 Å². The fourth-order valence-electron chi connectivity index (χ4n) is 3.11. The predicted octanol–water partition coefficient (Wildman–Crippen LogP) is 1.44. The van der Waals surface area contributed by atoms with Crippen LogP contribution in [0.5, 0.6) is 5.75 Å². The van der Waals surface area contributed by atoms with E-state index in [2.05, 4.69) is 20.3 Å². The predicted molar refractivity (Wildman–Crippen MR) is 116 cm³/mol. The Kier molecular flexibility index (Phi) is 7.11. The third-order valence-electron chi connectivity index (χ3n) is 4.69. The van der Waals surface area contributed by atoms with Gasteiger partial charge in [0.1, 0.15) is 11.6 Å². The van der Waals surface area contributed by atoms with Gasteiger partial charge in [-0.15, -0.1) is 0 Å². The van der Waals surface area contributed by atoms with Crippen LogP contribution in [0.2, 0.25) is 0 Å². The van der Waals surface area contributed by atoms with Crippen molar-refractivity contribution in [3.8, 4) is 5.75 Å². The Balaban J connectivity index is 1.89. The average Bonchev–Trinajstić information content (AvgIpc) is 2.77.